The summed E-state index contributed by atoms with van der Waals surface area (Å²) in [4.78, 5) is 8.78. The molecule has 1 aromatic carbocycles. The summed E-state index contributed by atoms with van der Waals surface area (Å²) in [5, 5.41) is 0. The maximum Gasteiger partial charge on any atom is 0.159 e. The van der Waals surface area contributed by atoms with E-state index in [0.29, 0.717) is 18.9 Å². The number of hydrogen-bond donors (Lipinski definition) is 0. The average Bonchev–Trinajstić information content (AvgIpc) is 2.60. The molecule has 0 saturated heterocycles. The number of halogens is 1. The summed E-state index contributed by atoms with van der Waals surface area (Å²) < 4.78 is 18.1. The molecule has 0 bridgehead atoms. The Morgan fingerprint density at radius 3 is 2.54 bits per heavy atom. The van der Waals surface area contributed by atoms with Crippen LogP contribution in [0.3, 0.4) is 0 Å². The molecule has 0 aliphatic carbocycles. The third-order valence-corrected chi connectivity index (χ3v) is 3.44. The first kappa shape index (κ1) is 17.9. The molecule has 0 fully saturated rings. The molecule has 1 heterocycles. The molecule has 1 aromatic heterocycles. The second-order valence-corrected chi connectivity index (χ2v) is 5.58. The molecule has 0 N–H and O–H groups in total. The molecule has 0 amide bonds. The van der Waals surface area contributed by atoms with Gasteiger partial charge in [-0.05, 0) is 50.5 Å². The molecule has 24 heavy (non-hydrogen) atoms. The highest BCUT2D eigenvalue weighted by atomic mass is 19.1. The van der Waals surface area contributed by atoms with Crippen molar-refractivity contribution in [1.82, 2.24) is 9.97 Å². The Balaban J connectivity index is 1.91. The van der Waals surface area contributed by atoms with E-state index < -0.39 is 6.17 Å². The molecule has 1 atom stereocenters. The van der Waals surface area contributed by atoms with Crippen LogP contribution in [0.15, 0.2) is 55.4 Å². The van der Waals surface area contributed by atoms with Gasteiger partial charge >= 0.3 is 0 Å². The predicted octanol–water partition coefficient (Wildman–Crippen LogP) is 5.25. The fourth-order valence-corrected chi connectivity index (χ4v) is 2.16. The lowest BCUT2D eigenvalue weighted by Gasteiger charge is -2.04. The number of ether oxygens (including phenoxy) is 1. The summed E-state index contributed by atoms with van der Waals surface area (Å²) in [6, 6.07) is 7.65. The van der Waals surface area contributed by atoms with Gasteiger partial charge in [-0.15, -0.1) is 0 Å². The summed E-state index contributed by atoms with van der Waals surface area (Å²) in [7, 11) is 0. The standard InChI is InChI=1S/C20H23FN2O/c1-3-13-24-19-11-9-18(10-12-19)20-22-14-17(15-23-20)8-6-4-5-7-16(2)21/h3,6,8-12,14-16H,1,4-5,7,13H2,2H3. The number of aromatic nitrogens is 2. The molecule has 0 spiro atoms. The van der Waals surface area contributed by atoms with E-state index in [1.807, 2.05) is 36.4 Å². The third-order valence-electron chi connectivity index (χ3n) is 3.44. The van der Waals surface area contributed by atoms with Crippen molar-refractivity contribution in [3.8, 4) is 17.1 Å². The predicted molar refractivity (Wildman–Crippen MR) is 96.6 cm³/mol. The first-order valence-electron chi connectivity index (χ1n) is 8.16. The lowest BCUT2D eigenvalue weighted by Crippen LogP contribution is -1.93. The van der Waals surface area contributed by atoms with E-state index in [9.17, 15) is 4.39 Å². The molecule has 0 radical (unpaired) electrons. The maximum atomic E-state index is 12.7. The lowest BCUT2D eigenvalue weighted by atomic mass is 10.1. The largest absolute Gasteiger partial charge is 0.490 e. The number of allylic oxidation sites excluding steroid dienone is 1. The first-order valence-corrected chi connectivity index (χ1v) is 8.16. The molecular weight excluding hydrogens is 303 g/mol. The van der Waals surface area contributed by atoms with Crippen molar-refractivity contribution in [3.63, 3.8) is 0 Å². The van der Waals surface area contributed by atoms with Gasteiger partial charge in [-0.3, -0.25) is 0 Å². The van der Waals surface area contributed by atoms with Gasteiger partial charge in [0.25, 0.3) is 0 Å². The number of hydrogen-bond acceptors (Lipinski definition) is 3. The molecular formula is C20H23FN2O. The van der Waals surface area contributed by atoms with Gasteiger partial charge in [0.2, 0.25) is 0 Å². The highest BCUT2D eigenvalue weighted by molar-refractivity contribution is 5.57. The van der Waals surface area contributed by atoms with E-state index in [0.717, 1.165) is 29.7 Å². The Kier molecular flexibility index (Phi) is 7.15. The fourth-order valence-electron chi connectivity index (χ4n) is 2.16. The summed E-state index contributed by atoms with van der Waals surface area (Å²) in [6.07, 6.45) is 10.9. The van der Waals surface area contributed by atoms with E-state index in [1.165, 1.54) is 0 Å². The summed E-state index contributed by atoms with van der Waals surface area (Å²) >= 11 is 0. The number of benzene rings is 1. The Bertz CT molecular complexity index is 648. The minimum absolute atomic E-state index is 0.487. The SMILES string of the molecule is C=CCOc1ccc(-c2ncc(C=CCCCC(C)F)cn2)cc1. The zero-order valence-corrected chi connectivity index (χ0v) is 14.0. The van der Waals surface area contributed by atoms with Gasteiger partial charge in [0.1, 0.15) is 12.4 Å². The molecule has 0 aliphatic heterocycles. The number of rotatable bonds is 9. The van der Waals surface area contributed by atoms with Crippen molar-refractivity contribution >= 4 is 6.08 Å². The van der Waals surface area contributed by atoms with Crippen LogP contribution >= 0.6 is 0 Å². The summed E-state index contributed by atoms with van der Waals surface area (Å²) in [5.41, 5.74) is 1.88. The quantitative estimate of drug-likeness (QED) is 0.466. The molecule has 2 rings (SSSR count). The van der Waals surface area contributed by atoms with Crippen LogP contribution < -0.4 is 4.74 Å². The normalized spacial score (nSPS) is 12.2. The van der Waals surface area contributed by atoms with Gasteiger partial charge in [-0.25, -0.2) is 14.4 Å². The minimum Gasteiger partial charge on any atom is -0.490 e. The molecule has 3 nitrogen and oxygen atoms in total. The van der Waals surface area contributed by atoms with Gasteiger partial charge < -0.3 is 4.74 Å². The summed E-state index contributed by atoms with van der Waals surface area (Å²) in [6.45, 7) is 5.70. The van der Waals surface area contributed by atoms with E-state index >= 15 is 0 Å². The van der Waals surface area contributed by atoms with Gasteiger partial charge in [-0.2, -0.15) is 0 Å². The summed E-state index contributed by atoms with van der Waals surface area (Å²) in [5.74, 6) is 1.47. The van der Waals surface area contributed by atoms with Gasteiger partial charge in [0, 0.05) is 23.5 Å². The van der Waals surface area contributed by atoms with Gasteiger partial charge in [-0.1, -0.05) is 24.8 Å². The Hall–Kier alpha value is -2.49. The zero-order chi connectivity index (χ0) is 17.2. The number of nitrogens with zero attached hydrogens (tertiary/aromatic N) is 2. The average molecular weight is 326 g/mol. The molecule has 4 heteroatoms. The Labute approximate surface area is 142 Å². The van der Waals surface area contributed by atoms with Crippen molar-refractivity contribution < 1.29 is 9.13 Å². The van der Waals surface area contributed by atoms with E-state index in [4.69, 9.17) is 4.74 Å². The van der Waals surface area contributed by atoms with Crippen LogP contribution in [0.25, 0.3) is 17.5 Å². The second kappa shape index (κ2) is 9.60. The molecule has 1 unspecified atom stereocenters. The van der Waals surface area contributed by atoms with Crippen LogP contribution in [0, 0.1) is 0 Å². The lowest BCUT2D eigenvalue weighted by molar-refractivity contribution is 0.335. The fraction of sp³-hybridized carbons (Fsp3) is 0.300. The van der Waals surface area contributed by atoms with Crippen molar-refractivity contribution in [3.05, 3.63) is 61.0 Å². The highest BCUT2D eigenvalue weighted by Crippen LogP contribution is 2.19. The second-order valence-electron chi connectivity index (χ2n) is 5.58. The first-order chi connectivity index (χ1) is 11.7. The van der Waals surface area contributed by atoms with E-state index in [2.05, 4.69) is 16.5 Å². The molecule has 0 aliphatic rings. The van der Waals surface area contributed by atoms with Crippen LogP contribution in [0.5, 0.6) is 5.75 Å². The van der Waals surface area contributed by atoms with Crippen LogP contribution in [0.1, 0.15) is 31.7 Å². The van der Waals surface area contributed by atoms with Crippen molar-refractivity contribution in [2.75, 3.05) is 6.61 Å². The number of unbranched alkanes of at least 4 members (excludes halogenated alkanes) is 1. The van der Waals surface area contributed by atoms with Crippen LogP contribution in [0.4, 0.5) is 4.39 Å². The molecule has 0 saturated carbocycles. The maximum absolute atomic E-state index is 12.7. The van der Waals surface area contributed by atoms with Crippen LogP contribution in [0.2, 0.25) is 0 Å². The monoisotopic (exact) mass is 326 g/mol. The Morgan fingerprint density at radius 1 is 1.21 bits per heavy atom. The van der Waals surface area contributed by atoms with Crippen molar-refractivity contribution in [1.29, 1.82) is 0 Å². The van der Waals surface area contributed by atoms with Crippen LogP contribution in [-0.2, 0) is 0 Å². The van der Waals surface area contributed by atoms with Crippen molar-refractivity contribution in [2.45, 2.75) is 32.4 Å². The zero-order valence-electron chi connectivity index (χ0n) is 14.0. The smallest absolute Gasteiger partial charge is 0.159 e. The van der Waals surface area contributed by atoms with E-state index in [1.54, 1.807) is 25.4 Å². The topological polar surface area (TPSA) is 35.0 Å². The van der Waals surface area contributed by atoms with Crippen LogP contribution in [-0.4, -0.2) is 22.7 Å². The van der Waals surface area contributed by atoms with Crippen molar-refractivity contribution in [2.24, 2.45) is 0 Å². The molecule has 126 valence electrons. The Morgan fingerprint density at radius 2 is 1.92 bits per heavy atom. The number of alkyl halides is 1. The third kappa shape index (κ3) is 5.95. The highest BCUT2D eigenvalue weighted by Gasteiger charge is 2.01. The van der Waals surface area contributed by atoms with E-state index in [-0.39, 0.29) is 0 Å². The minimum atomic E-state index is -0.727. The van der Waals surface area contributed by atoms with Gasteiger partial charge in [0.05, 0.1) is 6.17 Å². The van der Waals surface area contributed by atoms with Gasteiger partial charge in [0.15, 0.2) is 5.82 Å². The molecule has 2 aromatic rings.